The largest absolute Gasteiger partial charge is 0.481 e. The van der Waals surface area contributed by atoms with Crippen LogP contribution in [0.3, 0.4) is 0 Å². The Balaban J connectivity index is 0.000000339. The summed E-state index contributed by atoms with van der Waals surface area (Å²) in [6.45, 7) is 24.9. The van der Waals surface area contributed by atoms with Crippen molar-refractivity contribution in [2.75, 3.05) is 0 Å². The highest BCUT2D eigenvalue weighted by molar-refractivity contribution is 5.99. The van der Waals surface area contributed by atoms with E-state index in [2.05, 4.69) is 19.9 Å². The number of fused-ring (bicyclic) bond motifs is 21. The van der Waals surface area contributed by atoms with E-state index >= 15 is 0 Å². The number of aliphatic carboxylic acids is 4. The van der Waals surface area contributed by atoms with E-state index in [1.807, 2.05) is 148 Å². The molecule has 25 heteroatoms. The van der Waals surface area contributed by atoms with Crippen molar-refractivity contribution >= 4 is 129 Å². The summed E-state index contributed by atoms with van der Waals surface area (Å²) in [6, 6.07) is 26.9. The zero-order valence-electron chi connectivity index (χ0n) is 65.3. The van der Waals surface area contributed by atoms with Gasteiger partial charge in [0.05, 0.1) is 99.0 Å². The van der Waals surface area contributed by atoms with Gasteiger partial charge in [0.25, 0.3) is 5.56 Å². The molecule has 0 radical (unpaired) electrons. The third kappa shape index (κ3) is 14.3. The maximum absolute atomic E-state index is 13.0. The molecule has 15 rings (SSSR count). The molecule has 0 spiro atoms. The van der Waals surface area contributed by atoms with Gasteiger partial charge in [-0.1, -0.05) is 25.1 Å². The van der Waals surface area contributed by atoms with Crippen LogP contribution < -0.4 is 5.56 Å². The zero-order valence-corrected chi connectivity index (χ0v) is 65.3. The van der Waals surface area contributed by atoms with Crippen molar-refractivity contribution < 1.29 is 69.2 Å². The zero-order chi connectivity index (χ0) is 80.8. The molecule has 6 aliphatic rings. The number of pyridine rings is 2. The van der Waals surface area contributed by atoms with Crippen molar-refractivity contribution in [1.29, 1.82) is 0 Å². The second kappa shape index (κ2) is 30.2. The van der Waals surface area contributed by atoms with Crippen LogP contribution in [0.15, 0.2) is 89.7 Å². The summed E-state index contributed by atoms with van der Waals surface area (Å²) in [6.07, 6.45) is -2.59. The van der Waals surface area contributed by atoms with E-state index < -0.39 is 59.9 Å². The van der Waals surface area contributed by atoms with Crippen molar-refractivity contribution in [3.8, 4) is 11.4 Å². The monoisotopic (exact) mass is 1530 g/mol. The summed E-state index contributed by atoms with van der Waals surface area (Å²) >= 11 is 0. The van der Waals surface area contributed by atoms with E-state index in [0.717, 1.165) is 100 Å². The van der Waals surface area contributed by atoms with Crippen molar-refractivity contribution in [2.45, 2.75) is 191 Å². The molecule has 1 aromatic carbocycles. The van der Waals surface area contributed by atoms with Crippen LogP contribution in [0.4, 0.5) is 0 Å². The minimum atomic E-state index is -1.79. The molecule has 16 bridgehead atoms. The van der Waals surface area contributed by atoms with E-state index in [9.17, 15) is 64.5 Å². The number of nitrogens with zero attached hydrogens (tertiary/aromatic N) is 6. The maximum Gasteiger partial charge on any atom is 0.343 e. The second-order valence-corrected chi connectivity index (χ2v) is 30.2. The Morgan fingerprint density at radius 2 is 0.938 bits per heavy atom. The van der Waals surface area contributed by atoms with Crippen LogP contribution in [-0.2, 0) is 65.0 Å². The quantitative estimate of drug-likeness (QED) is 0.0335. The number of carboxylic acid groups (broad SMARTS) is 4. The lowest BCUT2D eigenvalue weighted by atomic mass is 9.86. The van der Waals surface area contributed by atoms with Crippen molar-refractivity contribution in [2.24, 2.45) is 0 Å². The van der Waals surface area contributed by atoms with E-state index in [1.165, 1.54) is 0 Å². The van der Waals surface area contributed by atoms with Crippen molar-refractivity contribution in [1.82, 2.24) is 49.4 Å². The highest BCUT2D eigenvalue weighted by atomic mass is 16.6. The number of aromatic amines is 4. The summed E-state index contributed by atoms with van der Waals surface area (Å²) < 4.78 is 14.0. The van der Waals surface area contributed by atoms with Gasteiger partial charge < -0.3 is 69.7 Å². The van der Waals surface area contributed by atoms with E-state index in [0.29, 0.717) is 124 Å². The van der Waals surface area contributed by atoms with Gasteiger partial charge in [-0.15, -0.1) is 0 Å². The molecular weight excluding hydrogens is 1440 g/mol. The molecule has 0 aliphatic carbocycles. The van der Waals surface area contributed by atoms with Crippen LogP contribution in [0, 0.1) is 27.7 Å². The fourth-order valence-electron chi connectivity index (χ4n) is 17.0. The molecule has 5 atom stereocenters. The number of H-pyrrole nitrogens is 4. The lowest BCUT2D eigenvalue weighted by molar-refractivity contribution is -0.172. The lowest BCUT2D eigenvalue weighted by Crippen LogP contribution is -2.44. The van der Waals surface area contributed by atoms with Crippen LogP contribution in [0.5, 0.6) is 0 Å². The number of para-hydroxylation sites is 1. The number of hydrogen-bond acceptors (Lipinski definition) is 16. The number of nitrogens with one attached hydrogen (secondary N) is 4. The van der Waals surface area contributed by atoms with E-state index in [-0.39, 0.29) is 70.0 Å². The summed E-state index contributed by atoms with van der Waals surface area (Å²) in [4.78, 5) is 113. The standard InChI is InChI=1S/C68H74N8O11.C20H16N2O4/c1-29-41(13-17-61(79)80)53-28-56-44(16-20-64(85)86)32(4)48(72-56)24-59-68(36(8)52(76-59)25-58-65(37(9)77)33(5)49(73-58)21-45(29)69-53)40(12)87-39(11)67-35(7)50-22-46-30(2)42(14-18-62(81)82)54(70-46)27-55-43(15-19-63(83)84)31(3)47(71-55)23-57-66(38(10)78)34(6)51(74-57)26-60(67)75-50;1-2-20(25)14-8-16-17-12(7-11-5-3-4-6-15(11)21-17)9-22(16)18(23)13(14)10-26-19(20)24/h21-28,37-40,71-73,75,77-78H,13-20H2,1-12H3,(H,79,80)(H,81,82)(H,83,84)(H,85,86);3-8,25H,2,9-10H2,1H3/t;20-/m.0/s1. The first-order valence-corrected chi connectivity index (χ1v) is 38.0. The first-order valence-electron chi connectivity index (χ1n) is 38.0. The molecule has 0 saturated heterocycles. The number of ether oxygens (including phenoxy) is 2. The van der Waals surface area contributed by atoms with Gasteiger partial charge in [-0.25, -0.2) is 29.7 Å². The number of aliphatic hydroxyl groups is 3. The summed E-state index contributed by atoms with van der Waals surface area (Å²) in [5.41, 5.74) is 24.2. The molecule has 113 heavy (non-hydrogen) atoms. The van der Waals surface area contributed by atoms with Crippen molar-refractivity contribution in [3.63, 3.8) is 0 Å². The third-order valence-corrected chi connectivity index (χ3v) is 23.1. The smallest absolute Gasteiger partial charge is 0.343 e. The van der Waals surface area contributed by atoms with Gasteiger partial charge in [0, 0.05) is 109 Å². The van der Waals surface area contributed by atoms with Gasteiger partial charge in [-0.3, -0.25) is 24.0 Å². The predicted molar refractivity (Wildman–Crippen MR) is 432 cm³/mol. The first-order chi connectivity index (χ1) is 53.7. The number of aliphatic hydroxyl groups excluding tert-OH is 2. The molecule has 582 valence electrons. The Hall–Kier alpha value is -12.0. The fourth-order valence-corrected chi connectivity index (χ4v) is 17.0. The minimum Gasteiger partial charge on any atom is -0.481 e. The molecule has 4 unspecified atom stereocenters. The van der Waals surface area contributed by atoms with Crippen LogP contribution in [-0.4, -0.2) is 127 Å². The molecule has 6 aliphatic heterocycles. The number of carboxylic acids is 4. The Morgan fingerprint density at radius 3 is 1.45 bits per heavy atom. The van der Waals surface area contributed by atoms with Gasteiger partial charge in [0.1, 0.15) is 6.61 Å². The summed E-state index contributed by atoms with van der Waals surface area (Å²) in [5.74, 6) is -4.52. The summed E-state index contributed by atoms with van der Waals surface area (Å²) in [5, 5.41) is 74.1. The Labute approximate surface area is 649 Å². The van der Waals surface area contributed by atoms with Gasteiger partial charge >= 0.3 is 29.8 Å². The Kier molecular flexibility index (Phi) is 20.8. The molecule has 11 N–H and O–H groups in total. The van der Waals surface area contributed by atoms with E-state index in [4.69, 9.17) is 34.4 Å². The number of hydrogen-bond donors (Lipinski definition) is 11. The van der Waals surface area contributed by atoms with Gasteiger partial charge in [0.2, 0.25) is 0 Å². The maximum atomic E-state index is 13.0. The van der Waals surface area contributed by atoms with E-state index in [1.54, 1.807) is 31.4 Å². The van der Waals surface area contributed by atoms with Crippen LogP contribution in [0.2, 0.25) is 0 Å². The molecule has 0 fully saturated rings. The average Bonchev–Trinajstić information content (AvgIpc) is 1.70. The van der Waals surface area contributed by atoms with Gasteiger partial charge in [-0.05, 0) is 249 Å². The topological polar surface area (TPSA) is 395 Å². The Morgan fingerprint density at radius 1 is 0.504 bits per heavy atom. The van der Waals surface area contributed by atoms with Gasteiger partial charge in [0.15, 0.2) is 5.60 Å². The number of carbonyl (C=O) groups excluding carboxylic acids is 1. The number of benzene rings is 1. The highest BCUT2D eigenvalue weighted by Crippen LogP contribution is 2.45. The molecule has 0 amide bonds. The third-order valence-electron chi connectivity index (χ3n) is 23.1. The number of rotatable bonds is 19. The average molecular weight is 1530 g/mol. The number of cyclic esters (lactones) is 1. The molecule has 14 heterocycles. The first kappa shape index (κ1) is 77.7. The number of carbonyl (C=O) groups is 5. The van der Waals surface area contributed by atoms with Crippen LogP contribution in [0.25, 0.3) is 111 Å². The second-order valence-electron chi connectivity index (χ2n) is 30.2. The normalized spacial score (nSPS) is 16.2. The SMILES string of the molecule is CC1=C(CCC(=O)O)c2cc3[nH]c(cc4nc(cc5[nH]c(cc1n2)c(C)c5C(C)OC(C)C1=C(C)c2cc5[nH]c(cc6nc(cc7[nH]c(cc1n2)c(C)c7CCC(=O)O)C(CCC(=O)O)=C6C)c(C)c5C(C)O)C(C)=C4C(C)O)c(C)c3CCC(=O)O.CC[C@@]1(O)C(=O)OCc2c1cc1n(c2=O)Cc2cc3ccccc3nc2-1. The minimum absolute atomic E-state index is 0.110. The molecule has 0 saturated carbocycles. The molecular formula is C88H90N10O15. The number of allylic oxidation sites excluding steroid dienone is 6. The fraction of sp³-hybridized carbons (Fsp3) is 0.330. The van der Waals surface area contributed by atoms with Crippen molar-refractivity contribution in [3.05, 3.63) is 202 Å². The molecule has 8 aromatic heterocycles. The van der Waals surface area contributed by atoms with Crippen LogP contribution >= 0.6 is 0 Å². The predicted octanol–water partition coefficient (Wildman–Crippen LogP) is 15.3. The number of esters is 1. The van der Waals surface area contributed by atoms with Crippen LogP contribution in [0.1, 0.15) is 226 Å². The number of aryl methyl sites for hydroxylation is 6. The Bertz CT molecular complexity index is 6190. The molecule has 9 aromatic rings. The lowest BCUT2D eigenvalue weighted by Gasteiger charge is -2.31. The van der Waals surface area contributed by atoms with Gasteiger partial charge in [-0.2, -0.15) is 0 Å². The summed E-state index contributed by atoms with van der Waals surface area (Å²) in [7, 11) is 0. The molecule has 25 nitrogen and oxygen atoms in total. The highest BCUT2D eigenvalue weighted by Gasteiger charge is 2.46. The number of aromatic nitrogens is 10.